The minimum absolute atomic E-state index is 0.174. The summed E-state index contributed by atoms with van der Waals surface area (Å²) in [5.41, 5.74) is 1.30. The average Bonchev–Trinajstić information content (AvgIpc) is 3.15. The molecule has 130 valence electrons. The van der Waals surface area contributed by atoms with Gasteiger partial charge in [-0.2, -0.15) is 8.42 Å². The van der Waals surface area contributed by atoms with Gasteiger partial charge < -0.3 is 10.4 Å². The first-order chi connectivity index (χ1) is 11.9. The maximum atomic E-state index is 15.1. The van der Waals surface area contributed by atoms with Crippen LogP contribution in [0, 0.1) is 5.82 Å². The Morgan fingerprint density at radius 1 is 1.24 bits per heavy atom. The molecule has 7 nitrogen and oxygen atoms in total. The third-order valence-electron chi connectivity index (χ3n) is 4.28. The molecule has 2 aliphatic rings. The third kappa shape index (κ3) is 2.52. The lowest BCUT2D eigenvalue weighted by Crippen LogP contribution is -2.30. The molecule has 0 unspecified atom stereocenters. The molecule has 0 spiro atoms. The Kier molecular flexibility index (Phi) is 3.44. The molecule has 3 N–H and O–H groups in total. The van der Waals surface area contributed by atoms with E-state index in [1.165, 1.54) is 6.07 Å². The zero-order valence-electron chi connectivity index (χ0n) is 12.9. The Hall–Kier alpha value is -2.65. The highest BCUT2D eigenvalue weighted by atomic mass is 32.2. The van der Waals surface area contributed by atoms with Crippen LogP contribution >= 0.6 is 0 Å². The number of carbonyl (C=O) groups excluding carboxylic acids is 1. The van der Waals surface area contributed by atoms with Crippen molar-refractivity contribution in [3.05, 3.63) is 41.7 Å². The normalized spacial score (nSPS) is 19.3. The molecule has 2 heterocycles. The number of halogens is 1. The maximum Gasteiger partial charge on any atom is 0.326 e. The fraction of sp³-hybridized carbons (Fsp3) is 0.188. The molecule has 0 radical (unpaired) electrons. The Balaban J connectivity index is 1.92. The van der Waals surface area contributed by atoms with Gasteiger partial charge in [-0.3, -0.25) is 4.79 Å². The summed E-state index contributed by atoms with van der Waals surface area (Å²) in [6, 6.07) is 6.39. The van der Waals surface area contributed by atoms with Gasteiger partial charge in [0.15, 0.2) is 5.82 Å². The number of rotatable bonds is 2. The van der Waals surface area contributed by atoms with Crippen LogP contribution in [0.5, 0.6) is 5.75 Å². The van der Waals surface area contributed by atoms with Gasteiger partial charge >= 0.3 is 10.2 Å². The fourth-order valence-corrected chi connectivity index (χ4v) is 4.27. The lowest BCUT2D eigenvalue weighted by molar-refractivity contribution is -0.117. The molecule has 9 heteroatoms. The number of nitrogens with zero attached hydrogens (tertiary/aromatic N) is 1. The summed E-state index contributed by atoms with van der Waals surface area (Å²) >= 11 is 0. The van der Waals surface area contributed by atoms with Gasteiger partial charge in [0, 0.05) is 18.5 Å². The average molecular weight is 363 g/mol. The van der Waals surface area contributed by atoms with E-state index < -0.39 is 39.9 Å². The molecule has 0 aliphatic carbocycles. The molecule has 1 amide bonds. The molecular formula is C16H14FN3O4S. The van der Waals surface area contributed by atoms with E-state index in [4.69, 9.17) is 0 Å². The highest BCUT2D eigenvalue weighted by Gasteiger charge is 2.37. The van der Waals surface area contributed by atoms with Crippen molar-refractivity contribution in [2.24, 2.45) is 0 Å². The number of anilines is 1. The Morgan fingerprint density at radius 3 is 2.68 bits per heavy atom. The van der Waals surface area contributed by atoms with E-state index in [-0.39, 0.29) is 5.39 Å². The predicted molar refractivity (Wildman–Crippen MR) is 90.8 cm³/mol. The second-order valence-corrected chi connectivity index (χ2v) is 7.49. The van der Waals surface area contributed by atoms with Crippen LogP contribution < -0.4 is 14.3 Å². The molecule has 0 bridgehead atoms. The highest BCUT2D eigenvalue weighted by Crippen LogP contribution is 2.39. The Labute approximate surface area is 142 Å². The number of fused-ring (bicyclic) bond motifs is 1. The zero-order valence-corrected chi connectivity index (χ0v) is 13.7. The lowest BCUT2D eigenvalue weighted by atomic mass is 10.0. The molecule has 2 aromatic carbocycles. The number of hydrogen-bond donors (Lipinski definition) is 3. The summed E-state index contributed by atoms with van der Waals surface area (Å²) in [5, 5.41) is 13.9. The van der Waals surface area contributed by atoms with Crippen LogP contribution in [0.15, 0.2) is 30.3 Å². The van der Waals surface area contributed by atoms with E-state index in [9.17, 15) is 18.3 Å². The molecular weight excluding hydrogens is 349 g/mol. The number of phenolic OH excluding ortho intramolecular Hbond substituents is 1. The zero-order chi connectivity index (χ0) is 17.8. The summed E-state index contributed by atoms with van der Waals surface area (Å²) in [6.45, 7) is 0.820. The van der Waals surface area contributed by atoms with Crippen molar-refractivity contribution in [3.8, 4) is 5.75 Å². The van der Waals surface area contributed by atoms with E-state index in [1.807, 2.05) is 12.1 Å². The second-order valence-electron chi connectivity index (χ2n) is 5.89. The van der Waals surface area contributed by atoms with Gasteiger partial charge in [-0.15, -0.1) is 0 Å². The van der Waals surface area contributed by atoms with E-state index in [1.54, 1.807) is 16.9 Å². The number of hydrogen-bond acceptors (Lipinski definition) is 5. The smallest absolute Gasteiger partial charge is 0.326 e. The standard InChI is InChI=1S/C16H14FN3O4S/c17-15-12-5-9(11-3-4-18-7-11)1-2-10(12)6-13(21)16(15)20-8-14(22)19-25(20,23)24/h1-3,5-6,18,21H,4,7-8H2,(H,19,22). The van der Waals surface area contributed by atoms with Gasteiger partial charge in [-0.25, -0.2) is 13.4 Å². The SMILES string of the molecule is O=C1CN(c2c(O)cc3ccc(C4=CCNC4)cc3c2F)S(=O)(=O)N1. The van der Waals surface area contributed by atoms with Gasteiger partial charge in [0.25, 0.3) is 5.91 Å². The number of phenols is 1. The third-order valence-corrected chi connectivity index (χ3v) is 5.66. The van der Waals surface area contributed by atoms with E-state index in [0.29, 0.717) is 16.2 Å². The largest absolute Gasteiger partial charge is 0.506 e. The van der Waals surface area contributed by atoms with Crippen molar-refractivity contribution in [2.45, 2.75) is 0 Å². The molecule has 0 saturated carbocycles. The van der Waals surface area contributed by atoms with Crippen LogP contribution in [-0.4, -0.2) is 39.1 Å². The molecule has 2 aromatic rings. The monoisotopic (exact) mass is 363 g/mol. The fourth-order valence-electron chi connectivity index (χ4n) is 3.11. The lowest BCUT2D eigenvalue weighted by Gasteiger charge is -2.18. The van der Waals surface area contributed by atoms with E-state index in [2.05, 4.69) is 5.32 Å². The van der Waals surface area contributed by atoms with Crippen molar-refractivity contribution < 1.29 is 22.7 Å². The first kappa shape index (κ1) is 15.9. The van der Waals surface area contributed by atoms with Crippen LogP contribution in [0.1, 0.15) is 5.56 Å². The predicted octanol–water partition coefficient (Wildman–Crippen LogP) is 0.852. The molecule has 4 rings (SSSR count). The maximum absolute atomic E-state index is 15.1. The molecule has 0 aromatic heterocycles. The van der Waals surface area contributed by atoms with Crippen LogP contribution in [0.25, 0.3) is 16.3 Å². The van der Waals surface area contributed by atoms with Crippen LogP contribution in [0.3, 0.4) is 0 Å². The van der Waals surface area contributed by atoms with Crippen molar-refractivity contribution in [1.29, 1.82) is 0 Å². The van der Waals surface area contributed by atoms with E-state index >= 15 is 4.39 Å². The van der Waals surface area contributed by atoms with Crippen LogP contribution in [-0.2, 0) is 15.0 Å². The summed E-state index contributed by atoms with van der Waals surface area (Å²) in [6.07, 6.45) is 1.99. The van der Waals surface area contributed by atoms with Gasteiger partial charge in [0.05, 0.1) is 0 Å². The van der Waals surface area contributed by atoms with Gasteiger partial charge in [-0.05, 0) is 28.7 Å². The topological polar surface area (TPSA) is 98.7 Å². The minimum atomic E-state index is -4.22. The van der Waals surface area contributed by atoms with Crippen LogP contribution in [0.4, 0.5) is 10.1 Å². The number of nitrogens with one attached hydrogen (secondary N) is 2. The van der Waals surface area contributed by atoms with E-state index in [0.717, 1.165) is 17.7 Å². The van der Waals surface area contributed by atoms with Crippen molar-refractivity contribution in [1.82, 2.24) is 10.0 Å². The molecule has 25 heavy (non-hydrogen) atoms. The highest BCUT2D eigenvalue weighted by molar-refractivity contribution is 7.92. The van der Waals surface area contributed by atoms with Gasteiger partial charge in [-0.1, -0.05) is 18.2 Å². The first-order valence-electron chi connectivity index (χ1n) is 7.55. The second kappa shape index (κ2) is 5.43. The van der Waals surface area contributed by atoms with Gasteiger partial charge in [0.2, 0.25) is 0 Å². The molecule has 2 aliphatic heterocycles. The van der Waals surface area contributed by atoms with Crippen molar-refractivity contribution in [3.63, 3.8) is 0 Å². The number of benzene rings is 2. The molecule has 1 saturated heterocycles. The van der Waals surface area contributed by atoms with Crippen molar-refractivity contribution in [2.75, 3.05) is 23.9 Å². The summed E-state index contributed by atoms with van der Waals surface area (Å²) in [5.74, 6) is -2.21. The van der Waals surface area contributed by atoms with Crippen molar-refractivity contribution >= 4 is 38.1 Å². The summed E-state index contributed by atoms with van der Waals surface area (Å²) in [4.78, 5) is 11.4. The quantitative estimate of drug-likeness (QED) is 0.735. The number of amides is 1. The molecule has 1 fully saturated rings. The Bertz CT molecular complexity index is 1050. The van der Waals surface area contributed by atoms with Crippen LogP contribution in [0.2, 0.25) is 0 Å². The Morgan fingerprint density at radius 2 is 2.04 bits per heavy atom. The molecule has 0 atom stereocenters. The number of carbonyl (C=O) groups is 1. The minimum Gasteiger partial charge on any atom is -0.506 e. The first-order valence-corrected chi connectivity index (χ1v) is 8.99. The van der Waals surface area contributed by atoms with Gasteiger partial charge in [0.1, 0.15) is 18.0 Å². The number of aromatic hydroxyl groups is 1. The summed E-state index contributed by atoms with van der Waals surface area (Å²) < 4.78 is 41.4. The summed E-state index contributed by atoms with van der Waals surface area (Å²) in [7, 11) is -4.22.